The fourth-order valence-corrected chi connectivity index (χ4v) is 4.41. The molecule has 2 aliphatic carbocycles. The first-order chi connectivity index (χ1) is 13.2. The van der Waals surface area contributed by atoms with Gasteiger partial charge in [0.1, 0.15) is 0 Å². The molecular weight excluding hydrogens is 340 g/mol. The molecule has 1 unspecified atom stereocenters. The van der Waals surface area contributed by atoms with Crippen LogP contribution in [-0.4, -0.2) is 39.0 Å². The molecular formula is C21H26N4O2. The van der Waals surface area contributed by atoms with Crippen molar-refractivity contribution in [3.8, 4) is 11.5 Å². The summed E-state index contributed by atoms with van der Waals surface area (Å²) in [5.74, 6) is 3.01. The molecule has 2 aromatic rings. The van der Waals surface area contributed by atoms with Gasteiger partial charge in [0, 0.05) is 37.5 Å². The predicted octanol–water partition coefficient (Wildman–Crippen LogP) is 3.59. The van der Waals surface area contributed by atoms with Crippen LogP contribution in [0.5, 0.6) is 0 Å². The van der Waals surface area contributed by atoms with Gasteiger partial charge in [0.15, 0.2) is 5.82 Å². The smallest absolute Gasteiger partial charge is 0.258 e. The maximum absolute atomic E-state index is 12.8. The van der Waals surface area contributed by atoms with Crippen molar-refractivity contribution in [2.24, 2.45) is 11.8 Å². The van der Waals surface area contributed by atoms with E-state index in [-0.39, 0.29) is 5.41 Å². The summed E-state index contributed by atoms with van der Waals surface area (Å²) >= 11 is 0. The number of likely N-dealkylation sites (tertiary alicyclic amines) is 1. The number of amides is 1. The maximum Gasteiger partial charge on any atom is 0.258 e. The maximum atomic E-state index is 12.8. The van der Waals surface area contributed by atoms with Crippen LogP contribution >= 0.6 is 0 Å². The highest BCUT2D eigenvalue weighted by Crippen LogP contribution is 2.46. The van der Waals surface area contributed by atoms with E-state index in [9.17, 15) is 4.79 Å². The van der Waals surface area contributed by atoms with Crippen molar-refractivity contribution in [3.05, 3.63) is 30.4 Å². The summed E-state index contributed by atoms with van der Waals surface area (Å²) in [6.07, 6.45) is 12.3. The second kappa shape index (κ2) is 6.73. The van der Waals surface area contributed by atoms with Crippen molar-refractivity contribution in [1.29, 1.82) is 0 Å². The minimum atomic E-state index is -0.159. The molecule has 27 heavy (non-hydrogen) atoms. The van der Waals surface area contributed by atoms with Crippen LogP contribution in [0.4, 0.5) is 0 Å². The Bertz CT molecular complexity index is 813. The third-order valence-corrected chi connectivity index (χ3v) is 6.29. The second-order valence-corrected chi connectivity index (χ2v) is 8.65. The summed E-state index contributed by atoms with van der Waals surface area (Å²) in [7, 11) is 0. The molecule has 2 aromatic heterocycles. The Kier molecular flexibility index (Phi) is 4.21. The summed E-state index contributed by atoms with van der Waals surface area (Å²) in [5, 5.41) is 4.39. The number of aromatic nitrogens is 3. The lowest BCUT2D eigenvalue weighted by molar-refractivity contribution is -0.134. The third kappa shape index (κ3) is 3.62. The zero-order valence-corrected chi connectivity index (χ0v) is 15.6. The van der Waals surface area contributed by atoms with Gasteiger partial charge in [-0.25, -0.2) is 0 Å². The Labute approximate surface area is 159 Å². The predicted molar refractivity (Wildman–Crippen MR) is 99.7 cm³/mol. The van der Waals surface area contributed by atoms with Gasteiger partial charge in [0.05, 0.1) is 5.41 Å². The molecule has 6 nitrogen and oxygen atoms in total. The van der Waals surface area contributed by atoms with Gasteiger partial charge in [-0.05, 0) is 56.1 Å². The van der Waals surface area contributed by atoms with Gasteiger partial charge in [-0.2, -0.15) is 4.98 Å². The average molecular weight is 366 g/mol. The first kappa shape index (κ1) is 16.9. The molecule has 0 bridgehead atoms. The van der Waals surface area contributed by atoms with Crippen LogP contribution in [0.3, 0.4) is 0 Å². The lowest BCUT2D eigenvalue weighted by atomic mass is 9.74. The van der Waals surface area contributed by atoms with E-state index in [1.54, 1.807) is 12.4 Å². The zero-order chi connectivity index (χ0) is 18.3. The zero-order valence-electron chi connectivity index (χ0n) is 15.6. The highest BCUT2D eigenvalue weighted by atomic mass is 16.5. The SMILES string of the molecule is O=C(CC1CC1)N1CCCC(CC2CC2)(c2noc(-c3ccncc3)n2)C1. The quantitative estimate of drug-likeness (QED) is 0.781. The molecule has 5 rings (SSSR count). The molecule has 1 aliphatic heterocycles. The van der Waals surface area contributed by atoms with Crippen LogP contribution in [0.1, 0.15) is 57.2 Å². The number of piperidine rings is 1. The fourth-order valence-electron chi connectivity index (χ4n) is 4.41. The second-order valence-electron chi connectivity index (χ2n) is 8.65. The van der Waals surface area contributed by atoms with Gasteiger partial charge in [-0.3, -0.25) is 9.78 Å². The van der Waals surface area contributed by atoms with E-state index < -0.39 is 0 Å². The Hall–Kier alpha value is -2.24. The van der Waals surface area contributed by atoms with E-state index in [2.05, 4.69) is 15.0 Å². The van der Waals surface area contributed by atoms with Crippen molar-refractivity contribution >= 4 is 5.91 Å². The van der Waals surface area contributed by atoms with Crippen molar-refractivity contribution in [3.63, 3.8) is 0 Å². The van der Waals surface area contributed by atoms with Crippen LogP contribution in [0.15, 0.2) is 29.0 Å². The van der Waals surface area contributed by atoms with Gasteiger partial charge in [0.2, 0.25) is 5.91 Å². The number of nitrogens with zero attached hydrogens (tertiary/aromatic N) is 4. The highest BCUT2D eigenvalue weighted by molar-refractivity contribution is 5.77. The molecule has 0 aromatic carbocycles. The van der Waals surface area contributed by atoms with Crippen molar-refractivity contribution in [2.75, 3.05) is 13.1 Å². The van der Waals surface area contributed by atoms with Gasteiger partial charge in [0.25, 0.3) is 5.89 Å². The molecule has 0 radical (unpaired) electrons. The molecule has 142 valence electrons. The molecule has 3 heterocycles. The Morgan fingerprint density at radius 2 is 1.96 bits per heavy atom. The summed E-state index contributed by atoms with van der Waals surface area (Å²) < 4.78 is 5.61. The van der Waals surface area contributed by atoms with Gasteiger partial charge in [-0.1, -0.05) is 18.0 Å². The number of rotatable bonds is 6. The first-order valence-corrected chi connectivity index (χ1v) is 10.2. The van der Waals surface area contributed by atoms with Crippen LogP contribution in [0, 0.1) is 11.8 Å². The molecule has 3 fully saturated rings. The highest BCUT2D eigenvalue weighted by Gasteiger charge is 2.46. The number of carbonyl (C=O) groups excluding carboxylic acids is 1. The topological polar surface area (TPSA) is 72.1 Å². The molecule has 2 saturated carbocycles. The van der Waals surface area contributed by atoms with E-state index in [1.165, 1.54) is 25.7 Å². The minimum absolute atomic E-state index is 0.159. The van der Waals surface area contributed by atoms with Crippen LogP contribution < -0.4 is 0 Å². The summed E-state index contributed by atoms with van der Waals surface area (Å²) in [5.41, 5.74) is 0.732. The number of hydrogen-bond donors (Lipinski definition) is 0. The molecule has 0 spiro atoms. The number of carbonyl (C=O) groups is 1. The van der Waals surface area contributed by atoms with Crippen molar-refractivity contribution < 1.29 is 9.32 Å². The Balaban J connectivity index is 1.41. The monoisotopic (exact) mass is 366 g/mol. The Morgan fingerprint density at radius 1 is 1.19 bits per heavy atom. The first-order valence-electron chi connectivity index (χ1n) is 10.2. The van der Waals surface area contributed by atoms with Crippen molar-refractivity contribution in [1.82, 2.24) is 20.0 Å². The van der Waals surface area contributed by atoms with Crippen LogP contribution in [0.2, 0.25) is 0 Å². The Morgan fingerprint density at radius 3 is 2.70 bits per heavy atom. The normalized spacial score (nSPS) is 25.6. The third-order valence-electron chi connectivity index (χ3n) is 6.29. The minimum Gasteiger partial charge on any atom is -0.342 e. The van der Waals surface area contributed by atoms with E-state index in [0.29, 0.717) is 24.1 Å². The largest absolute Gasteiger partial charge is 0.342 e. The summed E-state index contributed by atoms with van der Waals surface area (Å²) in [4.78, 5) is 23.7. The molecule has 1 atom stereocenters. The van der Waals surface area contributed by atoms with Gasteiger partial charge >= 0.3 is 0 Å². The van der Waals surface area contributed by atoms with E-state index in [1.807, 2.05) is 12.1 Å². The van der Waals surface area contributed by atoms with Gasteiger partial charge < -0.3 is 9.42 Å². The molecule has 3 aliphatic rings. The summed E-state index contributed by atoms with van der Waals surface area (Å²) in [6, 6.07) is 3.77. The standard InChI is InChI=1S/C21H26N4O2/c26-18(12-15-2-3-15)25-11-1-8-21(14-25,13-16-4-5-16)20-23-19(27-24-20)17-6-9-22-10-7-17/h6-7,9-10,15-16H,1-5,8,11-14H2. The molecule has 0 N–H and O–H groups in total. The lowest BCUT2D eigenvalue weighted by Crippen LogP contribution is -2.49. The lowest BCUT2D eigenvalue weighted by Gasteiger charge is -2.41. The van der Waals surface area contributed by atoms with Crippen LogP contribution in [-0.2, 0) is 10.2 Å². The van der Waals surface area contributed by atoms with E-state index in [0.717, 1.165) is 49.7 Å². The fraction of sp³-hybridized carbons (Fsp3) is 0.619. The van der Waals surface area contributed by atoms with Crippen LogP contribution in [0.25, 0.3) is 11.5 Å². The summed E-state index contributed by atoms with van der Waals surface area (Å²) in [6.45, 7) is 1.61. The van der Waals surface area contributed by atoms with E-state index >= 15 is 0 Å². The van der Waals surface area contributed by atoms with E-state index in [4.69, 9.17) is 9.51 Å². The number of hydrogen-bond acceptors (Lipinski definition) is 5. The van der Waals surface area contributed by atoms with Crippen molar-refractivity contribution in [2.45, 2.75) is 56.8 Å². The number of pyridine rings is 1. The molecule has 6 heteroatoms. The molecule has 1 saturated heterocycles. The molecule has 1 amide bonds. The average Bonchev–Trinajstić information content (AvgIpc) is 3.63. The van der Waals surface area contributed by atoms with Gasteiger partial charge in [-0.15, -0.1) is 0 Å².